The number of aromatic nitrogens is 1. The third-order valence-electron chi connectivity index (χ3n) is 3.58. The largest absolute Gasteiger partial charge is 0.497 e. The Kier molecular flexibility index (Phi) is 5.63. The quantitative estimate of drug-likeness (QED) is 0.365. The second kappa shape index (κ2) is 8.11. The average molecular weight is 401 g/mol. The predicted octanol–water partition coefficient (Wildman–Crippen LogP) is 4.75. The summed E-state index contributed by atoms with van der Waals surface area (Å²) >= 11 is 2.39. The van der Waals surface area contributed by atoms with Gasteiger partial charge in [0.15, 0.2) is 5.13 Å². The summed E-state index contributed by atoms with van der Waals surface area (Å²) in [6, 6.07) is 10.5. The number of hydrogen-bond acceptors (Lipinski definition) is 7. The fourth-order valence-electron chi connectivity index (χ4n) is 2.30. The van der Waals surface area contributed by atoms with E-state index in [9.17, 15) is 14.9 Å². The summed E-state index contributed by atoms with van der Waals surface area (Å²) in [5.41, 5.74) is 1.74. The molecule has 3 aromatic rings. The highest BCUT2D eigenvalue weighted by Crippen LogP contribution is 2.31. The van der Waals surface area contributed by atoms with Crippen LogP contribution in [0.3, 0.4) is 0 Å². The van der Waals surface area contributed by atoms with Crippen molar-refractivity contribution in [3.8, 4) is 17.0 Å². The minimum atomic E-state index is -0.457. The number of aryl methyl sites for hydroxylation is 1. The maximum atomic E-state index is 12.1. The summed E-state index contributed by atoms with van der Waals surface area (Å²) in [5.74, 6) is 0.417. The predicted molar refractivity (Wildman–Crippen MR) is 107 cm³/mol. The molecule has 0 radical (unpaired) electrons. The van der Waals surface area contributed by atoms with Crippen LogP contribution in [0.1, 0.15) is 9.75 Å². The van der Waals surface area contributed by atoms with Crippen LogP contribution in [0.2, 0.25) is 0 Å². The second-order valence-electron chi connectivity index (χ2n) is 5.41. The number of nitro groups is 1. The van der Waals surface area contributed by atoms with E-state index in [1.165, 1.54) is 29.6 Å². The molecule has 1 aromatic carbocycles. The lowest BCUT2D eigenvalue weighted by Gasteiger charge is -2.01. The topological polar surface area (TPSA) is 94.4 Å². The highest BCUT2D eigenvalue weighted by molar-refractivity contribution is 7.16. The van der Waals surface area contributed by atoms with Crippen molar-refractivity contribution in [2.24, 2.45) is 0 Å². The number of nitrogens with one attached hydrogen (secondary N) is 1. The Hall–Kier alpha value is -3.04. The van der Waals surface area contributed by atoms with E-state index in [1.807, 2.05) is 31.2 Å². The number of carbonyl (C=O) groups excluding carboxylic acids is 1. The maximum Gasteiger partial charge on any atom is 0.324 e. The van der Waals surface area contributed by atoms with Gasteiger partial charge < -0.3 is 4.74 Å². The fourth-order valence-corrected chi connectivity index (χ4v) is 3.86. The zero-order chi connectivity index (χ0) is 19.4. The molecule has 0 bridgehead atoms. The molecule has 9 heteroatoms. The van der Waals surface area contributed by atoms with Gasteiger partial charge in [0.2, 0.25) is 5.91 Å². The molecule has 0 saturated heterocycles. The Morgan fingerprint density at radius 1 is 1.22 bits per heavy atom. The lowest BCUT2D eigenvalue weighted by molar-refractivity contribution is -0.380. The van der Waals surface area contributed by atoms with Gasteiger partial charge in [-0.15, -0.1) is 11.3 Å². The number of carbonyl (C=O) groups is 1. The number of ether oxygens (including phenoxy) is 1. The van der Waals surface area contributed by atoms with E-state index in [1.54, 1.807) is 13.2 Å². The van der Waals surface area contributed by atoms with E-state index in [0.29, 0.717) is 10.0 Å². The standard InChI is InChI=1S/C18H15N3O4S2/c1-11-17(12-3-5-13(25-2)6-4-12)20-18(26-11)19-15(22)9-7-14-8-10-16(27-14)21(23)24/h3-10H,1-2H3,(H,19,20,22). The number of amides is 1. The Morgan fingerprint density at radius 3 is 2.59 bits per heavy atom. The normalized spacial score (nSPS) is 10.9. The van der Waals surface area contributed by atoms with Crippen LogP contribution in [0.15, 0.2) is 42.5 Å². The molecule has 1 N–H and O–H groups in total. The smallest absolute Gasteiger partial charge is 0.324 e. The van der Waals surface area contributed by atoms with Crippen LogP contribution in [0.25, 0.3) is 17.3 Å². The number of nitrogens with zero attached hydrogens (tertiary/aromatic N) is 2. The van der Waals surface area contributed by atoms with E-state index in [2.05, 4.69) is 10.3 Å². The minimum Gasteiger partial charge on any atom is -0.497 e. The molecule has 7 nitrogen and oxygen atoms in total. The van der Waals surface area contributed by atoms with Crippen molar-refractivity contribution in [1.82, 2.24) is 4.98 Å². The number of methoxy groups -OCH3 is 1. The number of hydrogen-bond donors (Lipinski definition) is 1. The van der Waals surface area contributed by atoms with Crippen LogP contribution < -0.4 is 10.1 Å². The van der Waals surface area contributed by atoms with Crippen molar-refractivity contribution in [2.45, 2.75) is 6.92 Å². The molecule has 0 saturated carbocycles. The van der Waals surface area contributed by atoms with Crippen LogP contribution >= 0.6 is 22.7 Å². The van der Waals surface area contributed by atoms with Crippen LogP contribution in [-0.4, -0.2) is 22.9 Å². The Balaban J connectivity index is 1.69. The van der Waals surface area contributed by atoms with Gasteiger partial charge in [-0.1, -0.05) is 11.3 Å². The van der Waals surface area contributed by atoms with E-state index in [0.717, 1.165) is 33.2 Å². The van der Waals surface area contributed by atoms with Crippen LogP contribution in [0, 0.1) is 17.0 Å². The molecule has 0 aliphatic rings. The zero-order valence-electron chi connectivity index (χ0n) is 14.5. The molecule has 0 fully saturated rings. The van der Waals surface area contributed by atoms with Gasteiger partial charge in [0.25, 0.3) is 0 Å². The number of rotatable bonds is 6. The van der Waals surface area contributed by atoms with Gasteiger partial charge in [-0.2, -0.15) is 0 Å². The average Bonchev–Trinajstić information content (AvgIpc) is 3.27. The number of thiophene rings is 1. The number of benzene rings is 1. The summed E-state index contributed by atoms with van der Waals surface area (Å²) in [6.45, 7) is 1.94. The fraction of sp³-hybridized carbons (Fsp3) is 0.111. The first-order valence-electron chi connectivity index (χ1n) is 7.81. The molecule has 1 amide bonds. The molecule has 0 unspecified atom stereocenters. The van der Waals surface area contributed by atoms with Gasteiger partial charge in [-0.25, -0.2) is 4.98 Å². The zero-order valence-corrected chi connectivity index (χ0v) is 16.1. The summed E-state index contributed by atoms with van der Waals surface area (Å²) in [6.07, 6.45) is 2.87. The van der Waals surface area contributed by atoms with Crippen molar-refractivity contribution in [3.05, 3.63) is 62.3 Å². The molecule has 3 rings (SSSR count). The minimum absolute atomic E-state index is 0.0368. The molecule has 0 aliphatic carbocycles. The Morgan fingerprint density at radius 2 is 1.96 bits per heavy atom. The van der Waals surface area contributed by atoms with Gasteiger partial charge in [0.05, 0.1) is 17.7 Å². The molecule has 0 atom stereocenters. The van der Waals surface area contributed by atoms with Crippen molar-refractivity contribution in [3.63, 3.8) is 0 Å². The van der Waals surface area contributed by atoms with Crippen LogP contribution in [-0.2, 0) is 4.79 Å². The van der Waals surface area contributed by atoms with E-state index in [4.69, 9.17) is 4.74 Å². The summed E-state index contributed by atoms with van der Waals surface area (Å²) in [7, 11) is 1.61. The van der Waals surface area contributed by atoms with Crippen LogP contribution in [0.5, 0.6) is 5.75 Å². The highest BCUT2D eigenvalue weighted by Gasteiger charge is 2.12. The van der Waals surface area contributed by atoms with Crippen LogP contribution in [0.4, 0.5) is 10.1 Å². The van der Waals surface area contributed by atoms with Gasteiger partial charge >= 0.3 is 5.00 Å². The van der Waals surface area contributed by atoms with Gasteiger partial charge in [0, 0.05) is 27.5 Å². The van der Waals surface area contributed by atoms with E-state index < -0.39 is 4.92 Å². The highest BCUT2D eigenvalue weighted by atomic mass is 32.1. The van der Waals surface area contributed by atoms with Crippen molar-refractivity contribution in [2.75, 3.05) is 12.4 Å². The Labute approximate surface area is 163 Å². The number of thiazole rings is 1. The molecule has 2 aromatic heterocycles. The first-order chi connectivity index (χ1) is 13.0. The van der Waals surface area contributed by atoms with E-state index >= 15 is 0 Å². The first-order valence-corrected chi connectivity index (χ1v) is 9.44. The maximum absolute atomic E-state index is 12.1. The lowest BCUT2D eigenvalue weighted by Crippen LogP contribution is -2.07. The first kappa shape index (κ1) is 18.7. The van der Waals surface area contributed by atoms with E-state index in [-0.39, 0.29) is 10.9 Å². The van der Waals surface area contributed by atoms with Crippen molar-refractivity contribution in [1.29, 1.82) is 0 Å². The third kappa shape index (κ3) is 4.57. The monoisotopic (exact) mass is 401 g/mol. The van der Waals surface area contributed by atoms with Crippen molar-refractivity contribution < 1.29 is 14.5 Å². The molecular weight excluding hydrogens is 386 g/mol. The molecule has 0 spiro atoms. The van der Waals surface area contributed by atoms with Gasteiger partial charge in [-0.05, 0) is 43.3 Å². The molecule has 2 heterocycles. The number of anilines is 1. The van der Waals surface area contributed by atoms with Gasteiger partial charge in [-0.3, -0.25) is 20.2 Å². The SMILES string of the molecule is COc1ccc(-c2nc(NC(=O)C=Cc3ccc([N+](=O)[O-])s3)sc2C)cc1. The second-order valence-corrected chi connectivity index (χ2v) is 7.71. The molecular formula is C18H15N3O4S2. The molecule has 27 heavy (non-hydrogen) atoms. The summed E-state index contributed by atoms with van der Waals surface area (Å²) in [4.78, 5) is 28.4. The Bertz CT molecular complexity index is 1010. The summed E-state index contributed by atoms with van der Waals surface area (Å²) < 4.78 is 5.15. The third-order valence-corrected chi connectivity index (χ3v) is 5.47. The summed E-state index contributed by atoms with van der Waals surface area (Å²) in [5, 5.41) is 13.9. The van der Waals surface area contributed by atoms with Gasteiger partial charge in [0.1, 0.15) is 5.75 Å². The molecule has 138 valence electrons. The molecule has 0 aliphatic heterocycles. The van der Waals surface area contributed by atoms with Crippen molar-refractivity contribution >= 4 is 44.8 Å². The lowest BCUT2D eigenvalue weighted by atomic mass is 10.1.